The molecule has 28 heavy (non-hydrogen) atoms. The summed E-state index contributed by atoms with van der Waals surface area (Å²) in [5.74, 6) is -1.98. The molecule has 0 N–H and O–H groups in total. The Bertz CT molecular complexity index is 579. The van der Waals surface area contributed by atoms with E-state index in [9.17, 15) is 50.0 Å². The van der Waals surface area contributed by atoms with Gasteiger partial charge in [-0.2, -0.15) is 0 Å². The van der Waals surface area contributed by atoms with Crippen molar-refractivity contribution >= 4 is 11.9 Å². The molecule has 0 saturated heterocycles. The number of nitro groups is 4. The minimum Gasteiger partial charge on any atom is -0.450 e. The molecular formula is C12H18N4O12. The van der Waals surface area contributed by atoms with Crippen LogP contribution in [0.15, 0.2) is 0 Å². The largest absolute Gasteiger partial charge is 0.491 e. The number of hydrogen-bond acceptors (Lipinski definition) is 12. The Morgan fingerprint density at radius 2 is 0.929 bits per heavy atom. The van der Waals surface area contributed by atoms with Gasteiger partial charge in [0.15, 0.2) is 0 Å². The smallest absolute Gasteiger partial charge is 0.450 e. The lowest BCUT2D eigenvalue weighted by atomic mass is 9.99. The number of carbonyl (C=O) groups excluding carboxylic acids is 2. The molecule has 0 unspecified atom stereocenters. The van der Waals surface area contributed by atoms with E-state index in [0.717, 1.165) is 13.8 Å². The van der Waals surface area contributed by atoms with Crippen LogP contribution >= 0.6 is 0 Å². The summed E-state index contributed by atoms with van der Waals surface area (Å²) >= 11 is 0. The summed E-state index contributed by atoms with van der Waals surface area (Å²) in [5.41, 5.74) is -5.79. The monoisotopic (exact) mass is 410 g/mol. The van der Waals surface area contributed by atoms with Crippen LogP contribution < -0.4 is 0 Å². The Morgan fingerprint density at radius 3 is 1.11 bits per heavy atom. The molecule has 0 aromatic rings. The lowest BCUT2D eigenvalue weighted by molar-refractivity contribution is -0.801. The SMILES string of the molecule is CC(=O)OCC(CCCCC(COC(C)=O)([N+](=O)[O-])[N+](=O)[O-])([N+](=O)[O-])[N+](=O)[O-]. The summed E-state index contributed by atoms with van der Waals surface area (Å²) in [7, 11) is 0. The van der Waals surface area contributed by atoms with E-state index in [1.807, 2.05) is 0 Å². The van der Waals surface area contributed by atoms with Gasteiger partial charge in [-0.05, 0) is 12.8 Å². The maximum absolute atomic E-state index is 11.2. The Hall–Kier alpha value is -3.46. The van der Waals surface area contributed by atoms with Crippen molar-refractivity contribution in [3.05, 3.63) is 40.5 Å². The van der Waals surface area contributed by atoms with Crippen molar-refractivity contribution in [1.82, 2.24) is 0 Å². The van der Waals surface area contributed by atoms with Crippen molar-refractivity contribution in [1.29, 1.82) is 0 Å². The number of unbranched alkanes of at least 4 members (excludes halogenated alkanes) is 1. The highest BCUT2D eigenvalue weighted by atomic mass is 16.7. The fourth-order valence-corrected chi connectivity index (χ4v) is 2.10. The van der Waals surface area contributed by atoms with E-state index >= 15 is 0 Å². The standard InChI is InChI=1S/C12H18N4O12/c1-9(17)27-7-11(13(19)20,14(21)22)5-3-4-6-12(15(23)24,16(25)26)8-28-10(2)18/h3-8H2,1-2H3. The van der Waals surface area contributed by atoms with Gasteiger partial charge in [-0.1, -0.05) is 0 Å². The van der Waals surface area contributed by atoms with Crippen LogP contribution in [0.1, 0.15) is 39.5 Å². The van der Waals surface area contributed by atoms with Gasteiger partial charge in [0, 0.05) is 13.8 Å². The first-order valence-electron chi connectivity index (χ1n) is 7.66. The summed E-state index contributed by atoms with van der Waals surface area (Å²) < 4.78 is 8.75. The van der Waals surface area contributed by atoms with Gasteiger partial charge < -0.3 is 9.47 Å². The Balaban J connectivity index is 5.28. The molecule has 16 nitrogen and oxygen atoms in total. The normalized spacial score (nSPS) is 11.4. The molecule has 0 fully saturated rings. The van der Waals surface area contributed by atoms with Crippen LogP contribution in [-0.2, 0) is 19.1 Å². The van der Waals surface area contributed by atoms with Crippen molar-refractivity contribution in [3.63, 3.8) is 0 Å². The zero-order valence-corrected chi connectivity index (χ0v) is 14.9. The van der Waals surface area contributed by atoms with Crippen molar-refractivity contribution in [2.75, 3.05) is 13.2 Å². The second kappa shape index (κ2) is 10.0. The molecule has 0 saturated carbocycles. The summed E-state index contributed by atoms with van der Waals surface area (Å²) in [6.07, 6.45) is -2.43. The highest BCUT2D eigenvalue weighted by Crippen LogP contribution is 2.25. The Morgan fingerprint density at radius 1 is 0.679 bits per heavy atom. The van der Waals surface area contributed by atoms with E-state index in [1.54, 1.807) is 0 Å². The topological polar surface area (TPSA) is 225 Å². The van der Waals surface area contributed by atoms with Crippen molar-refractivity contribution in [3.8, 4) is 0 Å². The zero-order valence-electron chi connectivity index (χ0n) is 14.9. The van der Waals surface area contributed by atoms with E-state index < -0.39 is 81.9 Å². The summed E-state index contributed by atoms with van der Waals surface area (Å²) in [6.45, 7) is -0.568. The minimum atomic E-state index is -2.90. The molecule has 16 heteroatoms. The van der Waals surface area contributed by atoms with Crippen LogP contribution in [0.2, 0.25) is 0 Å². The molecule has 0 radical (unpaired) electrons. The molecule has 0 aliphatic carbocycles. The molecule has 0 spiro atoms. The van der Waals surface area contributed by atoms with E-state index in [1.165, 1.54) is 0 Å². The summed E-state index contributed by atoms with van der Waals surface area (Å²) in [6, 6.07) is 0. The molecule has 0 heterocycles. The molecule has 158 valence electrons. The fourth-order valence-electron chi connectivity index (χ4n) is 2.10. The number of nitrogens with zero attached hydrogens (tertiary/aromatic N) is 4. The van der Waals surface area contributed by atoms with Crippen molar-refractivity contribution < 1.29 is 38.8 Å². The first kappa shape index (κ1) is 24.5. The average molecular weight is 410 g/mol. The molecular weight excluding hydrogens is 392 g/mol. The highest BCUT2D eigenvalue weighted by molar-refractivity contribution is 5.66. The third-order valence-corrected chi connectivity index (χ3v) is 3.78. The van der Waals surface area contributed by atoms with Crippen LogP contribution in [0, 0.1) is 40.5 Å². The molecule has 0 aliphatic heterocycles. The first-order chi connectivity index (χ1) is 12.8. The summed E-state index contributed by atoms with van der Waals surface area (Å²) in [4.78, 5) is 61.2. The molecule has 0 rings (SSSR count). The third kappa shape index (κ3) is 6.06. The molecule has 0 aromatic heterocycles. The van der Waals surface area contributed by atoms with Gasteiger partial charge in [0.05, 0.1) is 12.8 Å². The average Bonchev–Trinajstić information content (AvgIpc) is 2.55. The number of carbonyl (C=O) groups is 2. The van der Waals surface area contributed by atoms with Crippen LogP contribution in [0.5, 0.6) is 0 Å². The first-order valence-corrected chi connectivity index (χ1v) is 7.66. The van der Waals surface area contributed by atoms with Gasteiger partial charge in [0.2, 0.25) is 13.2 Å². The third-order valence-electron chi connectivity index (χ3n) is 3.78. The highest BCUT2D eigenvalue weighted by Gasteiger charge is 2.59. The molecule has 0 aliphatic rings. The van der Waals surface area contributed by atoms with E-state index in [2.05, 4.69) is 9.47 Å². The Labute approximate surface area is 156 Å². The second-order valence-corrected chi connectivity index (χ2v) is 5.76. The predicted octanol–water partition coefficient (Wildman–Crippen LogP) is 0.172. The van der Waals surface area contributed by atoms with E-state index in [0.29, 0.717) is 0 Å². The quantitative estimate of drug-likeness (QED) is 0.130. The number of hydrogen-bond donors (Lipinski definition) is 0. The maximum Gasteiger partial charge on any atom is 0.491 e. The maximum atomic E-state index is 11.2. The van der Waals surface area contributed by atoms with Gasteiger partial charge in [-0.15, -0.1) is 0 Å². The van der Waals surface area contributed by atoms with Gasteiger partial charge >= 0.3 is 23.3 Å². The van der Waals surface area contributed by atoms with Crippen LogP contribution in [0.4, 0.5) is 0 Å². The fraction of sp³-hybridized carbons (Fsp3) is 0.833. The minimum absolute atomic E-state index is 0.410. The van der Waals surface area contributed by atoms with E-state index in [4.69, 9.17) is 0 Å². The number of esters is 2. The lowest BCUT2D eigenvalue weighted by Gasteiger charge is -2.18. The lowest BCUT2D eigenvalue weighted by Crippen LogP contribution is -2.51. The second-order valence-electron chi connectivity index (χ2n) is 5.76. The van der Waals surface area contributed by atoms with Crippen LogP contribution in [0.3, 0.4) is 0 Å². The van der Waals surface area contributed by atoms with Gasteiger partial charge in [0.1, 0.15) is 19.7 Å². The molecule has 0 bridgehead atoms. The van der Waals surface area contributed by atoms with Crippen LogP contribution in [-0.4, -0.2) is 56.2 Å². The molecule has 0 atom stereocenters. The van der Waals surface area contributed by atoms with Crippen molar-refractivity contribution in [2.24, 2.45) is 0 Å². The zero-order chi connectivity index (χ0) is 22.1. The Kier molecular flexibility index (Phi) is 8.79. The van der Waals surface area contributed by atoms with Crippen LogP contribution in [0.25, 0.3) is 0 Å². The molecule has 0 aromatic carbocycles. The molecule has 0 amide bonds. The number of ether oxygens (including phenoxy) is 2. The van der Waals surface area contributed by atoms with Crippen molar-refractivity contribution in [2.45, 2.75) is 50.9 Å². The predicted molar refractivity (Wildman–Crippen MR) is 85.2 cm³/mol. The summed E-state index contributed by atoms with van der Waals surface area (Å²) in [5, 5.41) is 44.6. The van der Waals surface area contributed by atoms with Gasteiger partial charge in [-0.25, -0.2) is 0 Å². The van der Waals surface area contributed by atoms with Gasteiger partial charge in [0.25, 0.3) is 0 Å². The number of rotatable bonds is 13. The van der Waals surface area contributed by atoms with Gasteiger partial charge in [-0.3, -0.25) is 50.0 Å². The van der Waals surface area contributed by atoms with E-state index in [-0.39, 0.29) is 0 Å².